The van der Waals surface area contributed by atoms with Gasteiger partial charge < -0.3 is 25.2 Å². The number of nitro groups is 1. The molecule has 1 unspecified atom stereocenters. The van der Waals surface area contributed by atoms with Gasteiger partial charge in [0.2, 0.25) is 0 Å². The maximum atomic E-state index is 12.5. The van der Waals surface area contributed by atoms with Crippen LogP contribution in [0.25, 0.3) is 0 Å². The number of carbonyl (C=O) groups excluding carboxylic acids is 2. The highest BCUT2D eigenvalue weighted by molar-refractivity contribution is 6.20. The molecular weight excluding hydrogens is 348 g/mol. The number of amides is 1. The lowest BCUT2D eigenvalue weighted by Gasteiger charge is -2.24. The highest BCUT2D eigenvalue weighted by atomic mass is 16.6. The van der Waals surface area contributed by atoms with Crippen LogP contribution >= 0.6 is 0 Å². The second-order valence-electron chi connectivity index (χ2n) is 5.84. The normalized spacial score (nSPS) is 17.1. The highest BCUT2D eigenvalue weighted by Gasteiger charge is 2.41. The van der Waals surface area contributed by atoms with Gasteiger partial charge in [0.05, 0.1) is 12.6 Å². The number of carbonyl (C=O) groups is 3. The second-order valence-corrected chi connectivity index (χ2v) is 5.84. The lowest BCUT2D eigenvalue weighted by atomic mass is 10.1. The van der Waals surface area contributed by atoms with E-state index in [1.165, 1.54) is 4.57 Å². The molecule has 2 rings (SSSR count). The topological polar surface area (TPSA) is 156 Å². The van der Waals surface area contributed by atoms with E-state index in [0.717, 1.165) is 18.0 Å². The van der Waals surface area contributed by atoms with Crippen LogP contribution < -0.4 is 0 Å². The van der Waals surface area contributed by atoms with Gasteiger partial charge in [0.25, 0.3) is 5.91 Å². The molecule has 11 heteroatoms. The first-order valence-electron chi connectivity index (χ1n) is 7.78. The fraction of sp³-hybridized carbons (Fsp3) is 0.467. The molecular formula is C15H18N4O7. The van der Waals surface area contributed by atoms with Crippen molar-refractivity contribution in [1.82, 2.24) is 14.5 Å². The third kappa shape index (κ3) is 3.55. The summed E-state index contributed by atoms with van der Waals surface area (Å²) >= 11 is 0. The summed E-state index contributed by atoms with van der Waals surface area (Å²) in [5.74, 6) is -2.79. The molecule has 1 aliphatic rings. The van der Waals surface area contributed by atoms with E-state index in [2.05, 4.69) is 4.98 Å². The lowest BCUT2D eigenvalue weighted by Crippen LogP contribution is -2.39. The van der Waals surface area contributed by atoms with Crippen molar-refractivity contribution >= 4 is 23.5 Å². The van der Waals surface area contributed by atoms with E-state index in [1.54, 1.807) is 6.92 Å². The van der Waals surface area contributed by atoms with Gasteiger partial charge in [-0.2, -0.15) is 0 Å². The van der Waals surface area contributed by atoms with Gasteiger partial charge in [-0.25, -0.2) is 9.55 Å². The van der Waals surface area contributed by atoms with Crippen LogP contribution in [0.2, 0.25) is 0 Å². The number of hydrogen-bond acceptors (Lipinski definition) is 7. The first-order valence-corrected chi connectivity index (χ1v) is 7.78. The molecule has 1 atom stereocenters. The zero-order chi connectivity index (χ0) is 19.6. The summed E-state index contributed by atoms with van der Waals surface area (Å²) in [4.78, 5) is 50.4. The third-order valence-corrected chi connectivity index (χ3v) is 4.19. The third-order valence-electron chi connectivity index (χ3n) is 4.19. The Balaban J connectivity index is 2.25. The van der Waals surface area contributed by atoms with Crippen molar-refractivity contribution in [3.8, 4) is 0 Å². The zero-order valence-electron chi connectivity index (χ0n) is 14.2. The Bertz CT molecular complexity index is 811. The molecule has 1 aromatic heterocycles. The van der Waals surface area contributed by atoms with Crippen LogP contribution in [0, 0.1) is 17.0 Å². The molecule has 0 aromatic carbocycles. The Morgan fingerprint density at radius 1 is 1.38 bits per heavy atom. The van der Waals surface area contributed by atoms with E-state index in [-0.39, 0.29) is 37.3 Å². The minimum absolute atomic E-state index is 0.00984. The Labute approximate surface area is 147 Å². The number of aryl methyl sites for hydroxylation is 1. The number of carboxylic acid groups (broad SMARTS) is 1. The van der Waals surface area contributed by atoms with Gasteiger partial charge in [0.1, 0.15) is 24.1 Å². The number of imidazole rings is 1. The monoisotopic (exact) mass is 366 g/mol. The molecule has 2 N–H and O–H groups in total. The van der Waals surface area contributed by atoms with Crippen LogP contribution in [0.4, 0.5) is 5.82 Å². The van der Waals surface area contributed by atoms with Crippen molar-refractivity contribution in [1.29, 1.82) is 0 Å². The van der Waals surface area contributed by atoms with Gasteiger partial charge in [-0.05, 0) is 18.3 Å². The zero-order valence-corrected chi connectivity index (χ0v) is 14.2. The molecule has 0 saturated carbocycles. The van der Waals surface area contributed by atoms with Gasteiger partial charge >= 0.3 is 11.8 Å². The Morgan fingerprint density at radius 2 is 2.04 bits per heavy atom. The molecule has 26 heavy (non-hydrogen) atoms. The van der Waals surface area contributed by atoms with Crippen LogP contribution in [0.5, 0.6) is 0 Å². The molecule has 0 bridgehead atoms. The molecule has 0 saturated heterocycles. The number of ketones is 1. The summed E-state index contributed by atoms with van der Waals surface area (Å²) < 4.78 is 1.30. The molecule has 1 aliphatic heterocycles. The minimum Gasteiger partial charge on any atom is -0.509 e. The van der Waals surface area contributed by atoms with E-state index < -0.39 is 34.4 Å². The van der Waals surface area contributed by atoms with E-state index in [0.29, 0.717) is 5.82 Å². The number of hydrogen-bond donors (Lipinski definition) is 2. The second kappa shape index (κ2) is 7.33. The molecule has 0 aliphatic carbocycles. The molecule has 1 aromatic rings. The summed E-state index contributed by atoms with van der Waals surface area (Å²) in [5, 5.41) is 30.1. The quantitative estimate of drug-likeness (QED) is 0.384. The Kier molecular flexibility index (Phi) is 5.38. The maximum absolute atomic E-state index is 12.5. The van der Waals surface area contributed by atoms with Gasteiger partial charge in [-0.3, -0.25) is 14.4 Å². The Hall–Kier alpha value is -3.24. The van der Waals surface area contributed by atoms with Crippen LogP contribution in [0.15, 0.2) is 17.5 Å². The average molecular weight is 366 g/mol. The van der Waals surface area contributed by atoms with Gasteiger partial charge in [0, 0.05) is 13.3 Å². The molecule has 140 valence electrons. The molecule has 0 spiro atoms. The fourth-order valence-electron chi connectivity index (χ4n) is 2.94. The lowest BCUT2D eigenvalue weighted by molar-refractivity contribution is -0.392. The van der Waals surface area contributed by atoms with E-state index in [4.69, 9.17) is 5.11 Å². The van der Waals surface area contributed by atoms with Crippen molar-refractivity contribution < 1.29 is 29.5 Å². The Morgan fingerprint density at radius 3 is 2.58 bits per heavy atom. The molecule has 11 nitrogen and oxygen atoms in total. The van der Waals surface area contributed by atoms with Crippen molar-refractivity contribution in [3.05, 3.63) is 33.5 Å². The smallest absolute Gasteiger partial charge is 0.342 e. The van der Waals surface area contributed by atoms with E-state index in [9.17, 15) is 29.6 Å². The molecule has 2 heterocycles. The van der Waals surface area contributed by atoms with Crippen molar-refractivity contribution in [2.75, 3.05) is 6.54 Å². The number of carboxylic acids is 1. The van der Waals surface area contributed by atoms with Gasteiger partial charge in [-0.15, -0.1) is 0 Å². The number of nitrogens with zero attached hydrogens (tertiary/aromatic N) is 4. The molecule has 0 radical (unpaired) electrons. The highest BCUT2D eigenvalue weighted by Crippen LogP contribution is 2.28. The van der Waals surface area contributed by atoms with Gasteiger partial charge in [-0.1, -0.05) is 0 Å². The van der Waals surface area contributed by atoms with E-state index in [1.807, 2.05) is 0 Å². The summed E-state index contributed by atoms with van der Waals surface area (Å²) in [6.45, 7) is 2.65. The van der Waals surface area contributed by atoms with Crippen molar-refractivity contribution in [2.45, 2.75) is 39.3 Å². The minimum atomic E-state index is -1.11. The molecule has 0 fully saturated rings. The van der Waals surface area contributed by atoms with Crippen molar-refractivity contribution in [2.24, 2.45) is 0 Å². The number of rotatable bonds is 8. The summed E-state index contributed by atoms with van der Waals surface area (Å²) in [6.07, 6.45) is 0.711. The van der Waals surface area contributed by atoms with Crippen LogP contribution in [0.1, 0.15) is 25.6 Å². The predicted octanol–water partition coefficient (Wildman–Crippen LogP) is 0.576. The number of aliphatic hydroxyl groups is 1. The number of aromatic nitrogens is 2. The summed E-state index contributed by atoms with van der Waals surface area (Å²) in [6, 6.07) is -0.958. The van der Waals surface area contributed by atoms with Crippen LogP contribution in [-0.2, 0) is 20.9 Å². The number of Topliss-reactive ketones (excluding diaryl/α,β-unsaturated/α-hetero) is 1. The number of aliphatic carboxylic acids is 1. The van der Waals surface area contributed by atoms with Crippen molar-refractivity contribution in [3.63, 3.8) is 0 Å². The first kappa shape index (κ1) is 19.1. The number of aliphatic hydroxyl groups excluding tert-OH is 1. The fourth-order valence-corrected chi connectivity index (χ4v) is 2.94. The van der Waals surface area contributed by atoms with Crippen LogP contribution in [0.3, 0.4) is 0 Å². The molecule has 1 amide bonds. The predicted molar refractivity (Wildman–Crippen MR) is 86.3 cm³/mol. The standard InChI is InChI=1S/C15H18N4O7/c1-8(20)13-14(23)10(3-4-12(21)22)18(15(13)24)6-5-17-9(2)16-7-11(17)19(25)26/h7,10,23H,3-6H2,1-2H3,(H,21,22). The van der Waals surface area contributed by atoms with Crippen LogP contribution in [-0.4, -0.2) is 59.8 Å². The summed E-state index contributed by atoms with van der Waals surface area (Å²) in [5.41, 5.74) is -0.378. The summed E-state index contributed by atoms with van der Waals surface area (Å²) in [7, 11) is 0. The average Bonchev–Trinajstić information content (AvgIpc) is 3.01. The van der Waals surface area contributed by atoms with E-state index >= 15 is 0 Å². The SMILES string of the molecule is CC(=O)C1=C(O)C(CCC(=O)O)N(CCn2c([N+](=O)[O-])cnc2C)C1=O. The first-order chi connectivity index (χ1) is 12.1. The maximum Gasteiger partial charge on any atom is 0.342 e. The van der Waals surface area contributed by atoms with Gasteiger partial charge in [0.15, 0.2) is 11.6 Å². The largest absolute Gasteiger partial charge is 0.509 e.